The van der Waals surface area contributed by atoms with Crippen LogP contribution in [0.1, 0.15) is 19.8 Å². The molecular weight excluding hydrogens is 372 g/mol. The number of benzene rings is 1. The van der Waals surface area contributed by atoms with Crippen LogP contribution in [0.15, 0.2) is 29.6 Å². The maximum absolute atomic E-state index is 12.4. The second-order valence-corrected chi connectivity index (χ2v) is 9.16. The van der Waals surface area contributed by atoms with Gasteiger partial charge in [-0.15, -0.1) is 11.3 Å². The van der Waals surface area contributed by atoms with E-state index in [0.717, 1.165) is 36.9 Å². The van der Waals surface area contributed by atoms with E-state index in [1.54, 1.807) is 24.3 Å². The van der Waals surface area contributed by atoms with Crippen molar-refractivity contribution in [3.8, 4) is 11.3 Å². The molecule has 0 saturated carbocycles. The van der Waals surface area contributed by atoms with Gasteiger partial charge in [-0.2, -0.15) is 0 Å². The quantitative estimate of drug-likeness (QED) is 0.723. The lowest BCUT2D eigenvalue weighted by Crippen LogP contribution is -2.40. The number of piperidine rings is 1. The van der Waals surface area contributed by atoms with Gasteiger partial charge in [0.05, 0.1) is 11.9 Å². The zero-order valence-electron chi connectivity index (χ0n) is 14.7. The van der Waals surface area contributed by atoms with Crippen molar-refractivity contribution in [2.75, 3.05) is 22.8 Å². The maximum atomic E-state index is 12.4. The Bertz CT molecular complexity index is 878. The van der Waals surface area contributed by atoms with Gasteiger partial charge < -0.3 is 10.6 Å². The molecule has 0 unspecified atom stereocenters. The van der Waals surface area contributed by atoms with Crippen LogP contribution in [-0.4, -0.2) is 38.2 Å². The average Bonchev–Trinajstić information content (AvgIpc) is 3.02. The average molecular weight is 395 g/mol. The molecule has 1 aliphatic heterocycles. The number of aromatic nitrogens is 1. The van der Waals surface area contributed by atoms with Crippen molar-refractivity contribution >= 4 is 38.1 Å². The Morgan fingerprint density at radius 1 is 1.31 bits per heavy atom. The summed E-state index contributed by atoms with van der Waals surface area (Å²) in [5, 5.41) is 8.71. The van der Waals surface area contributed by atoms with Gasteiger partial charge in [0.15, 0.2) is 5.13 Å². The third-order valence-corrected chi connectivity index (χ3v) is 5.58. The van der Waals surface area contributed by atoms with Crippen molar-refractivity contribution < 1.29 is 13.2 Å². The van der Waals surface area contributed by atoms with Gasteiger partial charge in [-0.3, -0.25) is 9.52 Å². The van der Waals surface area contributed by atoms with E-state index in [0.29, 0.717) is 16.9 Å². The van der Waals surface area contributed by atoms with E-state index in [9.17, 15) is 13.2 Å². The molecular formula is C17H22N4O3S2. The fourth-order valence-electron chi connectivity index (χ4n) is 2.96. The van der Waals surface area contributed by atoms with Gasteiger partial charge in [-0.1, -0.05) is 12.1 Å². The van der Waals surface area contributed by atoms with E-state index in [4.69, 9.17) is 0 Å². The standard InChI is InChI=1S/C17H22N4O3S2/c1-11-9-13(7-8-18-11)16(22)20-17-19-15(10-25-17)12-3-5-14(6-4-12)21-26(2,23)24/h3-6,10-11,13,18,21H,7-9H2,1-2H3,(H,19,20,22)/t11-,13-/m0/s1. The van der Waals surface area contributed by atoms with Gasteiger partial charge >= 0.3 is 0 Å². The van der Waals surface area contributed by atoms with E-state index < -0.39 is 10.0 Å². The molecule has 2 heterocycles. The van der Waals surface area contributed by atoms with E-state index in [-0.39, 0.29) is 11.8 Å². The summed E-state index contributed by atoms with van der Waals surface area (Å²) in [5.74, 6) is 0.0342. The van der Waals surface area contributed by atoms with E-state index >= 15 is 0 Å². The second kappa shape index (κ2) is 7.73. The Morgan fingerprint density at radius 3 is 2.69 bits per heavy atom. The largest absolute Gasteiger partial charge is 0.314 e. The minimum atomic E-state index is -3.29. The molecule has 1 aromatic heterocycles. The van der Waals surface area contributed by atoms with Crippen LogP contribution in [0.25, 0.3) is 11.3 Å². The van der Waals surface area contributed by atoms with Gasteiger partial charge in [0.1, 0.15) is 0 Å². The van der Waals surface area contributed by atoms with Crippen LogP contribution < -0.4 is 15.4 Å². The molecule has 0 spiro atoms. The molecule has 7 nitrogen and oxygen atoms in total. The van der Waals surface area contributed by atoms with Crippen LogP contribution in [0.2, 0.25) is 0 Å². The highest BCUT2D eigenvalue weighted by Crippen LogP contribution is 2.27. The summed E-state index contributed by atoms with van der Waals surface area (Å²) >= 11 is 1.38. The summed E-state index contributed by atoms with van der Waals surface area (Å²) in [7, 11) is -3.29. The summed E-state index contributed by atoms with van der Waals surface area (Å²) in [5.41, 5.74) is 2.10. The molecule has 1 fully saturated rings. The molecule has 26 heavy (non-hydrogen) atoms. The van der Waals surface area contributed by atoms with Crippen LogP contribution in [0, 0.1) is 5.92 Å². The van der Waals surface area contributed by atoms with Crippen molar-refractivity contribution in [1.29, 1.82) is 0 Å². The lowest BCUT2D eigenvalue weighted by atomic mass is 9.92. The molecule has 140 valence electrons. The molecule has 3 rings (SSSR count). The Morgan fingerprint density at radius 2 is 2.04 bits per heavy atom. The zero-order valence-corrected chi connectivity index (χ0v) is 16.3. The number of hydrogen-bond donors (Lipinski definition) is 3. The topological polar surface area (TPSA) is 100 Å². The fraction of sp³-hybridized carbons (Fsp3) is 0.412. The van der Waals surface area contributed by atoms with Crippen LogP contribution in [0.5, 0.6) is 0 Å². The molecule has 1 aliphatic rings. The second-order valence-electron chi connectivity index (χ2n) is 6.56. The van der Waals surface area contributed by atoms with E-state index in [1.807, 2.05) is 5.38 Å². The lowest BCUT2D eigenvalue weighted by Gasteiger charge is -2.26. The normalized spacial score (nSPS) is 20.5. The first kappa shape index (κ1) is 18.8. The minimum absolute atomic E-state index is 0.0138. The zero-order chi connectivity index (χ0) is 18.7. The summed E-state index contributed by atoms with van der Waals surface area (Å²) in [6.45, 7) is 2.94. The first-order chi connectivity index (χ1) is 12.3. The summed E-state index contributed by atoms with van der Waals surface area (Å²) < 4.78 is 24.9. The Kier molecular flexibility index (Phi) is 5.59. The number of amides is 1. The minimum Gasteiger partial charge on any atom is -0.314 e. The third kappa shape index (κ3) is 5.03. The smallest absolute Gasteiger partial charge is 0.229 e. The number of anilines is 2. The molecule has 0 aliphatic carbocycles. The van der Waals surface area contributed by atoms with Gasteiger partial charge in [0.25, 0.3) is 0 Å². The van der Waals surface area contributed by atoms with Crippen molar-refractivity contribution in [3.63, 3.8) is 0 Å². The molecule has 0 radical (unpaired) electrons. The molecule has 2 aromatic rings. The molecule has 1 aromatic carbocycles. The van der Waals surface area contributed by atoms with Crippen molar-refractivity contribution in [1.82, 2.24) is 10.3 Å². The van der Waals surface area contributed by atoms with Gasteiger partial charge in [-0.05, 0) is 38.4 Å². The monoisotopic (exact) mass is 394 g/mol. The highest BCUT2D eigenvalue weighted by atomic mass is 32.2. The van der Waals surface area contributed by atoms with Gasteiger partial charge in [0, 0.05) is 28.6 Å². The van der Waals surface area contributed by atoms with Crippen LogP contribution >= 0.6 is 11.3 Å². The lowest BCUT2D eigenvalue weighted by molar-refractivity contribution is -0.120. The number of carbonyl (C=O) groups is 1. The Labute approximate surface area is 157 Å². The predicted octanol–water partition coefficient (Wildman–Crippen LogP) is 2.51. The SMILES string of the molecule is C[C@H]1C[C@@H](C(=O)Nc2nc(-c3ccc(NS(C)(=O)=O)cc3)cs2)CCN1. The highest BCUT2D eigenvalue weighted by molar-refractivity contribution is 7.92. The van der Waals surface area contributed by atoms with Crippen LogP contribution in [0.4, 0.5) is 10.8 Å². The van der Waals surface area contributed by atoms with E-state index in [2.05, 4.69) is 27.3 Å². The van der Waals surface area contributed by atoms with Gasteiger partial charge in [0.2, 0.25) is 15.9 Å². The molecule has 1 amide bonds. The number of thiazole rings is 1. The highest BCUT2D eigenvalue weighted by Gasteiger charge is 2.25. The molecule has 0 bridgehead atoms. The molecule has 3 N–H and O–H groups in total. The predicted molar refractivity (Wildman–Crippen MR) is 105 cm³/mol. The van der Waals surface area contributed by atoms with Crippen LogP contribution in [-0.2, 0) is 14.8 Å². The number of carbonyl (C=O) groups excluding carboxylic acids is 1. The first-order valence-electron chi connectivity index (χ1n) is 8.38. The summed E-state index contributed by atoms with van der Waals surface area (Å²) in [6, 6.07) is 7.31. The number of nitrogens with zero attached hydrogens (tertiary/aromatic N) is 1. The van der Waals surface area contributed by atoms with Gasteiger partial charge in [-0.25, -0.2) is 13.4 Å². The van der Waals surface area contributed by atoms with E-state index in [1.165, 1.54) is 11.3 Å². The summed E-state index contributed by atoms with van der Waals surface area (Å²) in [6.07, 6.45) is 2.78. The fourth-order valence-corrected chi connectivity index (χ4v) is 4.25. The van der Waals surface area contributed by atoms with Crippen molar-refractivity contribution in [3.05, 3.63) is 29.6 Å². The van der Waals surface area contributed by atoms with Crippen molar-refractivity contribution in [2.45, 2.75) is 25.8 Å². The number of hydrogen-bond acceptors (Lipinski definition) is 6. The molecule has 1 saturated heterocycles. The number of rotatable bonds is 5. The maximum Gasteiger partial charge on any atom is 0.229 e. The Hall–Kier alpha value is -1.97. The summed E-state index contributed by atoms with van der Waals surface area (Å²) in [4.78, 5) is 16.9. The first-order valence-corrected chi connectivity index (χ1v) is 11.2. The number of nitrogens with one attached hydrogen (secondary N) is 3. The van der Waals surface area contributed by atoms with Crippen molar-refractivity contribution in [2.24, 2.45) is 5.92 Å². The Balaban J connectivity index is 1.65. The molecule has 2 atom stereocenters. The number of sulfonamides is 1. The third-order valence-electron chi connectivity index (χ3n) is 4.21. The molecule has 9 heteroatoms. The van der Waals surface area contributed by atoms with Crippen LogP contribution in [0.3, 0.4) is 0 Å².